The third-order valence-electron chi connectivity index (χ3n) is 4.27. The molecule has 1 fully saturated rings. The number of carbonyl (C=O) groups excluding carboxylic acids is 2. The van der Waals surface area contributed by atoms with E-state index in [-0.39, 0.29) is 30.4 Å². The number of amides is 1. The van der Waals surface area contributed by atoms with Crippen molar-refractivity contribution in [2.75, 3.05) is 24.3 Å². The van der Waals surface area contributed by atoms with Crippen LogP contribution in [0.25, 0.3) is 0 Å². The summed E-state index contributed by atoms with van der Waals surface area (Å²) in [5.74, 6) is 0.313. The van der Waals surface area contributed by atoms with Crippen molar-refractivity contribution in [3.63, 3.8) is 0 Å². The number of thioether (sulfide) groups is 1. The quantitative estimate of drug-likeness (QED) is 0.321. The highest BCUT2D eigenvalue weighted by Gasteiger charge is 2.32. The molecule has 1 unspecified atom stereocenters. The molecule has 0 bridgehead atoms. The first-order valence-electron chi connectivity index (χ1n) is 8.67. The van der Waals surface area contributed by atoms with Crippen LogP contribution in [0.2, 0.25) is 0 Å². The zero-order valence-electron chi connectivity index (χ0n) is 15.4. The molecule has 28 heavy (non-hydrogen) atoms. The number of carbonyl (C=O) groups is 2. The minimum atomic E-state index is -0.388. The lowest BCUT2D eigenvalue weighted by atomic mass is 10.1. The second kappa shape index (κ2) is 8.79. The summed E-state index contributed by atoms with van der Waals surface area (Å²) in [5, 5.41) is 7.43. The monoisotopic (exact) mass is 399 g/mol. The molecule has 1 amide bonds. The number of amidine groups is 1. The van der Waals surface area contributed by atoms with E-state index in [1.807, 2.05) is 24.3 Å². The fourth-order valence-electron chi connectivity index (χ4n) is 2.81. The van der Waals surface area contributed by atoms with Gasteiger partial charge in [-0.15, -0.1) is 11.8 Å². The Kier molecular flexibility index (Phi) is 6.20. The molecule has 1 atom stereocenters. The number of cyclic esters (lactones) is 1. The number of nitrogen functional groups attached to an aromatic ring is 1. The van der Waals surface area contributed by atoms with Gasteiger partial charge < -0.3 is 15.2 Å². The molecule has 1 heterocycles. The molecular weight excluding hydrogens is 378 g/mol. The third kappa shape index (κ3) is 4.83. The number of esters is 1. The van der Waals surface area contributed by atoms with Crippen molar-refractivity contribution in [3.05, 3.63) is 59.7 Å². The van der Waals surface area contributed by atoms with Gasteiger partial charge in [-0.3, -0.25) is 15.1 Å². The number of anilines is 1. The van der Waals surface area contributed by atoms with Gasteiger partial charge in [-0.1, -0.05) is 12.1 Å². The Morgan fingerprint density at radius 2 is 2.07 bits per heavy atom. The van der Waals surface area contributed by atoms with Gasteiger partial charge in [-0.05, 0) is 42.0 Å². The normalized spacial score (nSPS) is 16.0. The van der Waals surface area contributed by atoms with Gasteiger partial charge in [0, 0.05) is 21.9 Å². The van der Waals surface area contributed by atoms with Crippen LogP contribution < -0.4 is 10.6 Å². The maximum Gasteiger partial charge on any atom is 0.414 e. The van der Waals surface area contributed by atoms with Crippen LogP contribution in [0.3, 0.4) is 0 Å². The fourth-order valence-corrected chi connectivity index (χ4v) is 3.77. The second-order valence-electron chi connectivity index (χ2n) is 6.29. The lowest BCUT2D eigenvalue weighted by Gasteiger charge is -2.13. The molecule has 2 aromatic carbocycles. The van der Waals surface area contributed by atoms with Crippen LogP contribution in [0.15, 0.2) is 53.4 Å². The summed E-state index contributed by atoms with van der Waals surface area (Å²) in [4.78, 5) is 26.2. The third-order valence-corrected chi connectivity index (χ3v) is 5.40. The minimum absolute atomic E-state index is 0.0146. The predicted octanol–water partition coefficient (Wildman–Crippen LogP) is 2.80. The fraction of sp³-hybridized carbons (Fsp3) is 0.250. The Hall–Kier alpha value is -3.00. The summed E-state index contributed by atoms with van der Waals surface area (Å²) in [6.07, 6.45) is -0.400. The first-order chi connectivity index (χ1) is 13.5. The van der Waals surface area contributed by atoms with Crippen LogP contribution in [0.4, 0.5) is 10.5 Å². The van der Waals surface area contributed by atoms with Crippen LogP contribution in [0, 0.1) is 5.41 Å². The number of hydrogen-bond donors (Lipinski definition) is 2. The molecule has 0 spiro atoms. The first-order valence-corrected chi connectivity index (χ1v) is 9.66. The number of methoxy groups -OCH3 is 1. The second-order valence-corrected chi connectivity index (χ2v) is 7.38. The zero-order valence-corrected chi connectivity index (χ0v) is 16.2. The van der Waals surface area contributed by atoms with E-state index in [4.69, 9.17) is 20.6 Å². The van der Waals surface area contributed by atoms with Crippen LogP contribution in [0.5, 0.6) is 0 Å². The summed E-state index contributed by atoms with van der Waals surface area (Å²) in [5.41, 5.74) is 7.66. The van der Waals surface area contributed by atoms with Crippen molar-refractivity contribution < 1.29 is 19.1 Å². The molecule has 3 rings (SSSR count). The lowest BCUT2D eigenvalue weighted by Crippen LogP contribution is -2.25. The highest BCUT2D eigenvalue weighted by atomic mass is 32.2. The van der Waals surface area contributed by atoms with E-state index in [0.29, 0.717) is 23.5 Å². The van der Waals surface area contributed by atoms with Crippen molar-refractivity contribution in [1.82, 2.24) is 0 Å². The topological polar surface area (TPSA) is 106 Å². The lowest BCUT2D eigenvalue weighted by molar-refractivity contribution is -0.139. The molecule has 8 heteroatoms. The standard InChI is InChI=1S/C20H21N3O4S/c1-26-18(24)10-13-3-2-4-17(9-13)28-12-16-11-23(20(25)27-16)15-7-5-14(6-8-15)19(21)22/h2-9,16H,10-12H2,1H3,(H3,21,22). The Morgan fingerprint density at radius 3 is 2.75 bits per heavy atom. The zero-order chi connectivity index (χ0) is 20.1. The largest absolute Gasteiger partial charge is 0.469 e. The number of benzene rings is 2. The summed E-state index contributed by atoms with van der Waals surface area (Å²) >= 11 is 1.57. The molecule has 7 nitrogen and oxygen atoms in total. The molecule has 0 radical (unpaired) electrons. The van der Waals surface area contributed by atoms with Crippen LogP contribution in [-0.4, -0.2) is 43.4 Å². The number of nitrogens with one attached hydrogen (secondary N) is 1. The van der Waals surface area contributed by atoms with Crippen molar-refractivity contribution in [1.29, 1.82) is 5.41 Å². The van der Waals surface area contributed by atoms with Crippen LogP contribution >= 0.6 is 11.8 Å². The van der Waals surface area contributed by atoms with Crippen molar-refractivity contribution >= 4 is 35.3 Å². The Labute approximate surface area is 167 Å². The first kappa shape index (κ1) is 19.8. The summed E-state index contributed by atoms with van der Waals surface area (Å²) in [6, 6.07) is 14.6. The number of ether oxygens (including phenoxy) is 2. The summed E-state index contributed by atoms with van der Waals surface area (Å²) < 4.78 is 10.2. The van der Waals surface area contributed by atoms with Gasteiger partial charge in [0.15, 0.2) is 0 Å². The van der Waals surface area contributed by atoms with E-state index in [9.17, 15) is 9.59 Å². The van der Waals surface area contributed by atoms with Gasteiger partial charge in [-0.2, -0.15) is 0 Å². The predicted molar refractivity (Wildman–Crippen MR) is 108 cm³/mol. The maximum absolute atomic E-state index is 12.2. The maximum atomic E-state index is 12.2. The Morgan fingerprint density at radius 1 is 1.32 bits per heavy atom. The highest BCUT2D eigenvalue weighted by molar-refractivity contribution is 7.99. The van der Waals surface area contributed by atoms with E-state index in [1.165, 1.54) is 7.11 Å². The van der Waals surface area contributed by atoms with E-state index in [0.717, 1.165) is 10.5 Å². The molecule has 146 valence electrons. The Bertz CT molecular complexity index is 885. The van der Waals surface area contributed by atoms with Crippen molar-refractivity contribution in [3.8, 4) is 0 Å². The number of nitrogens with zero attached hydrogens (tertiary/aromatic N) is 1. The Balaban J connectivity index is 1.58. The molecule has 0 saturated carbocycles. The van der Waals surface area contributed by atoms with E-state index >= 15 is 0 Å². The SMILES string of the molecule is COC(=O)Cc1cccc(SCC2CN(c3ccc(C(=N)N)cc3)C(=O)O2)c1. The van der Waals surface area contributed by atoms with Gasteiger partial charge in [0.25, 0.3) is 0 Å². The molecule has 1 aliphatic heterocycles. The number of hydrogen-bond acceptors (Lipinski definition) is 6. The molecule has 3 N–H and O–H groups in total. The average Bonchev–Trinajstić information content (AvgIpc) is 3.07. The molecular formula is C20H21N3O4S. The summed E-state index contributed by atoms with van der Waals surface area (Å²) in [7, 11) is 1.37. The van der Waals surface area contributed by atoms with E-state index in [2.05, 4.69) is 0 Å². The van der Waals surface area contributed by atoms with Gasteiger partial charge in [0.05, 0.1) is 20.1 Å². The van der Waals surface area contributed by atoms with Crippen molar-refractivity contribution in [2.24, 2.45) is 5.73 Å². The number of nitrogens with two attached hydrogens (primary N) is 1. The van der Waals surface area contributed by atoms with Gasteiger partial charge in [0.2, 0.25) is 0 Å². The molecule has 1 saturated heterocycles. The number of rotatable bonds is 7. The van der Waals surface area contributed by atoms with Crippen LogP contribution in [0.1, 0.15) is 11.1 Å². The van der Waals surface area contributed by atoms with Gasteiger partial charge >= 0.3 is 12.1 Å². The van der Waals surface area contributed by atoms with E-state index in [1.54, 1.807) is 40.9 Å². The van der Waals surface area contributed by atoms with Gasteiger partial charge in [0.1, 0.15) is 11.9 Å². The minimum Gasteiger partial charge on any atom is -0.469 e. The van der Waals surface area contributed by atoms with Gasteiger partial charge in [-0.25, -0.2) is 4.79 Å². The molecule has 1 aliphatic rings. The highest BCUT2D eigenvalue weighted by Crippen LogP contribution is 2.27. The van der Waals surface area contributed by atoms with E-state index < -0.39 is 0 Å². The molecule has 0 aromatic heterocycles. The molecule has 2 aromatic rings. The molecule has 0 aliphatic carbocycles. The van der Waals surface area contributed by atoms with Crippen LogP contribution in [-0.2, 0) is 20.7 Å². The van der Waals surface area contributed by atoms with Crippen molar-refractivity contribution in [2.45, 2.75) is 17.4 Å². The summed E-state index contributed by atoms with van der Waals surface area (Å²) in [6.45, 7) is 0.451. The smallest absolute Gasteiger partial charge is 0.414 e. The average molecular weight is 399 g/mol.